The van der Waals surface area contributed by atoms with Gasteiger partial charge >= 0.3 is 5.97 Å². The van der Waals surface area contributed by atoms with Crippen molar-refractivity contribution in [2.45, 2.75) is 55.9 Å². The fraction of sp³-hybridized carbons (Fsp3) is 0.367. The number of ether oxygens (including phenoxy) is 3. The number of fused-ring (bicyclic) bond motifs is 6. The molecule has 6 rings (SSSR count). The molecule has 3 unspecified atom stereocenters. The van der Waals surface area contributed by atoms with Crippen LogP contribution >= 0.6 is 11.8 Å². The van der Waals surface area contributed by atoms with Gasteiger partial charge in [-0.15, -0.1) is 11.8 Å². The van der Waals surface area contributed by atoms with Crippen molar-refractivity contribution in [1.29, 1.82) is 0 Å². The van der Waals surface area contributed by atoms with Crippen molar-refractivity contribution in [2.24, 2.45) is 0 Å². The highest BCUT2D eigenvalue weighted by atomic mass is 32.2. The number of amides is 2. The zero-order valence-electron chi connectivity index (χ0n) is 25.2. The van der Waals surface area contributed by atoms with Crippen LogP contribution in [0.4, 0.5) is 10.1 Å². The fourth-order valence-electron chi connectivity index (χ4n) is 5.38. The van der Waals surface area contributed by atoms with Crippen LogP contribution in [0.1, 0.15) is 27.7 Å². The van der Waals surface area contributed by atoms with Crippen LogP contribution < -0.4 is 14.8 Å². The number of hydrogen-bond donors (Lipinski definition) is 4. The summed E-state index contributed by atoms with van der Waals surface area (Å²) in [5, 5.41) is 12.0. The van der Waals surface area contributed by atoms with E-state index in [4.69, 9.17) is 14.2 Å². The van der Waals surface area contributed by atoms with Gasteiger partial charge in [0.1, 0.15) is 39.2 Å². The molecule has 0 saturated carbocycles. The first-order chi connectivity index (χ1) is 21.6. The number of aromatic amines is 1. The van der Waals surface area contributed by atoms with Gasteiger partial charge in [0, 0.05) is 28.3 Å². The number of nitrogens with one attached hydrogen (secondary N) is 3. The molecule has 2 amide bonds. The molecule has 1 aromatic heterocycles. The van der Waals surface area contributed by atoms with Gasteiger partial charge in [0.25, 0.3) is 21.8 Å². The highest BCUT2D eigenvalue weighted by molar-refractivity contribution is 8.00. The van der Waals surface area contributed by atoms with Crippen LogP contribution in [0, 0.1) is 5.82 Å². The SMILES string of the molecule is CC(O)OCC1=C(C(=O)OC(C)(C)C)N2C(=O)C(NC(=O)COc3ccc4c(c3)S(=O)(=O)Nc3c-4[nH]c4ccc(F)cc34)C2SC1. The van der Waals surface area contributed by atoms with E-state index < -0.39 is 63.5 Å². The van der Waals surface area contributed by atoms with Crippen molar-refractivity contribution < 1.29 is 46.5 Å². The maximum Gasteiger partial charge on any atom is 0.355 e. The largest absolute Gasteiger partial charge is 0.484 e. The van der Waals surface area contributed by atoms with E-state index in [1.165, 1.54) is 60.0 Å². The molecule has 0 bridgehead atoms. The van der Waals surface area contributed by atoms with E-state index in [9.17, 15) is 32.3 Å². The Bertz CT molecular complexity index is 1920. The standard InChI is InChI=1S/C30H31FN4O9S2/c1-14(36)42-11-15-13-45-28-25(27(38)35(28)26(15)29(39)44-30(2,3)4)33-22(37)12-43-17-6-7-18-21(10-17)46(40,41)34-24-19-9-16(31)5-8-20(19)32-23(18)24/h5-10,14,25,28,32,34,36H,11-13H2,1-4H3,(H,33,37). The summed E-state index contributed by atoms with van der Waals surface area (Å²) in [4.78, 5) is 43.5. The molecule has 244 valence electrons. The fourth-order valence-corrected chi connectivity index (χ4v) is 8.03. The Morgan fingerprint density at radius 1 is 1.22 bits per heavy atom. The quantitative estimate of drug-likeness (QED) is 0.158. The lowest BCUT2D eigenvalue weighted by molar-refractivity contribution is -0.159. The highest BCUT2D eigenvalue weighted by Crippen LogP contribution is 2.44. The van der Waals surface area contributed by atoms with E-state index in [0.717, 1.165) is 0 Å². The number of anilines is 1. The summed E-state index contributed by atoms with van der Waals surface area (Å²) in [6.07, 6.45) is -1.09. The van der Waals surface area contributed by atoms with Crippen LogP contribution in [-0.4, -0.2) is 83.5 Å². The minimum absolute atomic E-state index is 0.0261. The third-order valence-corrected chi connectivity index (χ3v) is 10.1. The van der Waals surface area contributed by atoms with E-state index in [1.54, 1.807) is 20.8 Å². The summed E-state index contributed by atoms with van der Waals surface area (Å²) < 4.78 is 59.0. The molecule has 13 nitrogen and oxygen atoms in total. The predicted molar refractivity (Wildman–Crippen MR) is 166 cm³/mol. The van der Waals surface area contributed by atoms with E-state index in [2.05, 4.69) is 15.0 Å². The van der Waals surface area contributed by atoms with Crippen LogP contribution in [0.25, 0.3) is 22.2 Å². The van der Waals surface area contributed by atoms with Crippen molar-refractivity contribution in [3.05, 3.63) is 53.5 Å². The molecule has 1 saturated heterocycles. The number of benzene rings is 2. The number of aliphatic hydroxyl groups excluding tert-OH is 1. The first kappa shape index (κ1) is 31.8. The number of esters is 1. The molecular formula is C30H31FN4O9S2. The molecule has 3 atom stereocenters. The monoisotopic (exact) mass is 674 g/mol. The minimum atomic E-state index is -4.05. The highest BCUT2D eigenvalue weighted by Gasteiger charge is 2.54. The molecule has 16 heteroatoms. The van der Waals surface area contributed by atoms with Crippen molar-refractivity contribution in [3.63, 3.8) is 0 Å². The molecule has 3 aromatic rings. The smallest absolute Gasteiger partial charge is 0.355 e. The number of rotatable bonds is 8. The maximum absolute atomic E-state index is 13.9. The molecule has 2 aromatic carbocycles. The van der Waals surface area contributed by atoms with Gasteiger partial charge in [-0.2, -0.15) is 0 Å². The Morgan fingerprint density at radius 2 is 1.98 bits per heavy atom. The number of H-pyrrole nitrogens is 1. The molecule has 0 spiro atoms. The second-order valence-corrected chi connectivity index (χ2v) is 14.7. The Morgan fingerprint density at radius 3 is 2.70 bits per heavy atom. The van der Waals surface area contributed by atoms with E-state index >= 15 is 0 Å². The summed E-state index contributed by atoms with van der Waals surface area (Å²) in [5.41, 5.74) is 1.28. The lowest BCUT2D eigenvalue weighted by Gasteiger charge is -2.50. The molecule has 4 heterocycles. The second kappa shape index (κ2) is 11.6. The molecule has 3 aliphatic heterocycles. The molecule has 4 N–H and O–H groups in total. The Hall–Kier alpha value is -4.12. The number of carbonyl (C=O) groups excluding carboxylic acids is 3. The number of halogens is 1. The normalized spacial score (nSPS) is 20.6. The van der Waals surface area contributed by atoms with Gasteiger partial charge in [0.05, 0.1) is 18.0 Å². The van der Waals surface area contributed by atoms with Crippen molar-refractivity contribution in [3.8, 4) is 17.0 Å². The first-order valence-electron chi connectivity index (χ1n) is 14.2. The average Bonchev–Trinajstić information content (AvgIpc) is 3.33. The summed E-state index contributed by atoms with van der Waals surface area (Å²) in [7, 11) is -4.05. The van der Waals surface area contributed by atoms with Gasteiger partial charge < -0.3 is 29.6 Å². The topological polar surface area (TPSA) is 176 Å². The average molecular weight is 675 g/mol. The number of hydrogen-bond acceptors (Lipinski definition) is 10. The zero-order chi connectivity index (χ0) is 33.1. The molecular weight excluding hydrogens is 643 g/mol. The predicted octanol–water partition coefficient (Wildman–Crippen LogP) is 2.82. The van der Waals surface area contributed by atoms with E-state index in [1.807, 2.05) is 0 Å². The number of sulfonamides is 1. The molecule has 1 fully saturated rings. The summed E-state index contributed by atoms with van der Waals surface area (Å²) in [6.45, 7) is 5.91. The third kappa shape index (κ3) is 5.92. The second-order valence-electron chi connectivity index (χ2n) is 11.9. The van der Waals surface area contributed by atoms with Gasteiger partial charge in [-0.25, -0.2) is 17.6 Å². The first-order valence-corrected chi connectivity index (χ1v) is 16.8. The van der Waals surface area contributed by atoms with Gasteiger partial charge in [0.15, 0.2) is 12.9 Å². The van der Waals surface area contributed by atoms with Crippen LogP contribution in [-0.2, 0) is 33.9 Å². The lowest BCUT2D eigenvalue weighted by atomic mass is 10.0. The Kier molecular flexibility index (Phi) is 8.03. The summed E-state index contributed by atoms with van der Waals surface area (Å²) in [5.74, 6) is -2.00. The number of β-lactam (4-membered cyclic amide) rings is 1. The van der Waals surface area contributed by atoms with Gasteiger partial charge in [-0.05, 0) is 63.6 Å². The minimum Gasteiger partial charge on any atom is -0.484 e. The number of aliphatic hydroxyl groups is 1. The number of aromatic nitrogens is 1. The van der Waals surface area contributed by atoms with E-state index in [-0.39, 0.29) is 28.6 Å². The van der Waals surface area contributed by atoms with Crippen molar-refractivity contribution in [2.75, 3.05) is 23.7 Å². The lowest BCUT2D eigenvalue weighted by Crippen LogP contribution is -2.71. The number of carbonyl (C=O) groups is 3. The Labute approximate surface area is 267 Å². The Balaban J connectivity index is 1.14. The van der Waals surface area contributed by atoms with Crippen molar-refractivity contribution in [1.82, 2.24) is 15.2 Å². The third-order valence-electron chi connectivity index (χ3n) is 7.33. The number of thioether (sulfide) groups is 1. The maximum atomic E-state index is 13.9. The molecule has 0 aliphatic carbocycles. The van der Waals surface area contributed by atoms with Gasteiger partial charge in [-0.1, -0.05) is 0 Å². The van der Waals surface area contributed by atoms with Gasteiger partial charge in [-0.3, -0.25) is 19.2 Å². The van der Waals surface area contributed by atoms with E-state index in [0.29, 0.717) is 33.5 Å². The van der Waals surface area contributed by atoms with Crippen LogP contribution in [0.5, 0.6) is 5.75 Å². The van der Waals surface area contributed by atoms with Crippen LogP contribution in [0.15, 0.2) is 52.6 Å². The molecule has 3 aliphatic rings. The van der Waals surface area contributed by atoms with Crippen LogP contribution in [0.3, 0.4) is 0 Å². The zero-order valence-corrected chi connectivity index (χ0v) is 26.8. The summed E-state index contributed by atoms with van der Waals surface area (Å²) in [6, 6.07) is 7.40. The van der Waals surface area contributed by atoms with Crippen LogP contribution in [0.2, 0.25) is 0 Å². The molecule has 0 radical (unpaired) electrons. The summed E-state index contributed by atoms with van der Waals surface area (Å²) >= 11 is 1.32. The number of nitrogens with zero attached hydrogens (tertiary/aromatic N) is 1. The molecule has 46 heavy (non-hydrogen) atoms. The van der Waals surface area contributed by atoms with Crippen molar-refractivity contribution >= 4 is 56.2 Å². The van der Waals surface area contributed by atoms with Gasteiger partial charge in [0.2, 0.25) is 0 Å².